The van der Waals surface area contributed by atoms with Crippen LogP contribution in [0.4, 0.5) is 8.78 Å². The van der Waals surface area contributed by atoms with Gasteiger partial charge in [0.05, 0.1) is 0 Å². The maximum Gasteiger partial charge on any atom is 0.348 e. The van der Waals surface area contributed by atoms with Gasteiger partial charge in [-0.15, -0.1) is 0 Å². The number of Topliss-reactive ketones (excluding diaryl/α,β-unsaturated/α-hetero) is 1. The van der Waals surface area contributed by atoms with Crippen molar-refractivity contribution in [2.75, 3.05) is 13.3 Å². The largest absolute Gasteiger partial charge is 0.460 e. The number of ketones is 1. The smallest absolute Gasteiger partial charge is 0.348 e. The number of rotatable bonds is 4. The van der Waals surface area contributed by atoms with E-state index in [9.17, 15) is 18.4 Å². The molecule has 0 aromatic heterocycles. The zero-order chi connectivity index (χ0) is 8.85. The van der Waals surface area contributed by atoms with Crippen LogP contribution in [0.5, 0.6) is 0 Å². The van der Waals surface area contributed by atoms with E-state index >= 15 is 0 Å². The van der Waals surface area contributed by atoms with E-state index in [0.29, 0.717) is 0 Å². The van der Waals surface area contributed by atoms with Crippen molar-refractivity contribution < 1.29 is 23.1 Å². The molecule has 1 unspecified atom stereocenters. The minimum atomic E-state index is -2.28. The van der Waals surface area contributed by atoms with Crippen molar-refractivity contribution >= 4 is 11.8 Å². The van der Waals surface area contributed by atoms with E-state index < -0.39 is 31.2 Å². The van der Waals surface area contributed by atoms with Crippen molar-refractivity contribution in [3.63, 3.8) is 0 Å². The molecule has 11 heavy (non-hydrogen) atoms. The average Bonchev–Trinajstić information content (AvgIpc) is 1.98. The zero-order valence-corrected chi connectivity index (χ0v) is 5.97. The molecule has 64 valence electrons. The molecular weight excluding hydrogens is 158 g/mol. The SMILES string of the molecule is CC(=O)C(F)C(=O)OCCF. The summed E-state index contributed by atoms with van der Waals surface area (Å²) in [6.07, 6.45) is -2.28. The number of esters is 1. The molecular formula is C6H8F2O3. The summed E-state index contributed by atoms with van der Waals surface area (Å²) in [6, 6.07) is 0. The lowest BCUT2D eigenvalue weighted by molar-refractivity contribution is -0.153. The second-order valence-electron chi connectivity index (χ2n) is 1.83. The molecule has 0 saturated heterocycles. The first kappa shape index (κ1) is 10.0. The van der Waals surface area contributed by atoms with Crippen molar-refractivity contribution in [2.45, 2.75) is 13.1 Å². The Balaban J connectivity index is 3.74. The predicted octanol–water partition coefficient (Wildman–Crippen LogP) is 0.426. The Bertz CT molecular complexity index is 158. The van der Waals surface area contributed by atoms with Crippen LogP contribution in [-0.2, 0) is 14.3 Å². The second-order valence-corrected chi connectivity index (χ2v) is 1.83. The Labute approximate surface area is 62.3 Å². The number of carbonyl (C=O) groups excluding carboxylic acids is 2. The quantitative estimate of drug-likeness (QED) is 0.449. The van der Waals surface area contributed by atoms with Gasteiger partial charge >= 0.3 is 5.97 Å². The molecule has 0 aliphatic carbocycles. The molecule has 0 aliphatic heterocycles. The van der Waals surface area contributed by atoms with Crippen LogP contribution in [0.15, 0.2) is 0 Å². The van der Waals surface area contributed by atoms with Crippen LogP contribution in [-0.4, -0.2) is 31.2 Å². The monoisotopic (exact) mass is 166 g/mol. The van der Waals surface area contributed by atoms with Crippen molar-refractivity contribution in [1.29, 1.82) is 0 Å². The number of hydrogen-bond acceptors (Lipinski definition) is 3. The third-order valence-electron chi connectivity index (χ3n) is 0.885. The zero-order valence-electron chi connectivity index (χ0n) is 5.97. The molecule has 0 heterocycles. The highest BCUT2D eigenvalue weighted by Gasteiger charge is 2.23. The number of hydrogen-bond donors (Lipinski definition) is 0. The third-order valence-corrected chi connectivity index (χ3v) is 0.885. The van der Waals surface area contributed by atoms with Gasteiger partial charge in [-0.2, -0.15) is 0 Å². The molecule has 0 bridgehead atoms. The van der Waals surface area contributed by atoms with Gasteiger partial charge in [0, 0.05) is 0 Å². The van der Waals surface area contributed by atoms with E-state index in [0.717, 1.165) is 6.92 Å². The standard InChI is InChI=1S/C6H8F2O3/c1-4(9)5(8)6(10)11-3-2-7/h5H,2-3H2,1H3. The maximum atomic E-state index is 12.3. The molecule has 3 nitrogen and oxygen atoms in total. The van der Waals surface area contributed by atoms with Crippen LogP contribution in [0.2, 0.25) is 0 Å². The van der Waals surface area contributed by atoms with Crippen LogP contribution in [0.25, 0.3) is 0 Å². The Kier molecular flexibility index (Phi) is 4.33. The fraction of sp³-hybridized carbons (Fsp3) is 0.667. The number of alkyl halides is 2. The summed E-state index contributed by atoms with van der Waals surface area (Å²) in [5.41, 5.74) is 0. The Morgan fingerprint density at radius 3 is 2.45 bits per heavy atom. The minimum absolute atomic E-state index is 0.507. The van der Waals surface area contributed by atoms with Crippen LogP contribution < -0.4 is 0 Å². The Morgan fingerprint density at radius 2 is 2.09 bits per heavy atom. The summed E-state index contributed by atoms with van der Waals surface area (Å²) < 4.78 is 27.6. The summed E-state index contributed by atoms with van der Waals surface area (Å²) in [7, 11) is 0. The van der Waals surface area contributed by atoms with Crippen LogP contribution in [0, 0.1) is 0 Å². The van der Waals surface area contributed by atoms with Crippen molar-refractivity contribution in [3.05, 3.63) is 0 Å². The molecule has 0 aliphatic rings. The van der Waals surface area contributed by atoms with E-state index in [1.807, 2.05) is 0 Å². The molecule has 0 saturated carbocycles. The summed E-state index contributed by atoms with van der Waals surface area (Å²) in [6.45, 7) is -0.468. The summed E-state index contributed by atoms with van der Waals surface area (Å²) in [5, 5.41) is 0. The van der Waals surface area contributed by atoms with E-state index in [4.69, 9.17) is 0 Å². The highest BCUT2D eigenvalue weighted by atomic mass is 19.1. The molecule has 0 rings (SSSR count). The van der Waals surface area contributed by atoms with Gasteiger partial charge in [-0.1, -0.05) is 0 Å². The van der Waals surface area contributed by atoms with Gasteiger partial charge in [-0.05, 0) is 6.92 Å². The molecule has 5 heteroatoms. The van der Waals surface area contributed by atoms with Crippen molar-refractivity contribution in [1.82, 2.24) is 0 Å². The Hall–Kier alpha value is -1.00. The molecule has 0 fully saturated rings. The van der Waals surface area contributed by atoms with E-state index in [1.54, 1.807) is 0 Å². The number of ether oxygens (including phenoxy) is 1. The Morgan fingerprint density at radius 1 is 1.55 bits per heavy atom. The molecule has 0 amide bonds. The first-order chi connectivity index (χ1) is 5.09. The normalized spacial score (nSPS) is 12.3. The van der Waals surface area contributed by atoms with Crippen LogP contribution in [0.3, 0.4) is 0 Å². The van der Waals surface area contributed by atoms with E-state index in [1.165, 1.54) is 0 Å². The average molecular weight is 166 g/mol. The topological polar surface area (TPSA) is 43.4 Å². The minimum Gasteiger partial charge on any atom is -0.460 e. The predicted molar refractivity (Wildman–Crippen MR) is 32.5 cm³/mol. The molecule has 0 N–H and O–H groups in total. The molecule has 0 spiro atoms. The van der Waals surface area contributed by atoms with Crippen molar-refractivity contribution in [3.8, 4) is 0 Å². The van der Waals surface area contributed by atoms with Gasteiger partial charge in [0.1, 0.15) is 13.3 Å². The third kappa shape index (κ3) is 3.64. The van der Waals surface area contributed by atoms with Crippen LogP contribution in [0.1, 0.15) is 6.92 Å². The summed E-state index contributed by atoms with van der Waals surface area (Å²) in [5.74, 6) is -2.26. The first-order valence-corrected chi connectivity index (χ1v) is 2.96. The lowest BCUT2D eigenvalue weighted by Crippen LogP contribution is -2.26. The lowest BCUT2D eigenvalue weighted by Gasteiger charge is -2.02. The lowest BCUT2D eigenvalue weighted by atomic mass is 10.3. The van der Waals surface area contributed by atoms with Gasteiger partial charge in [-0.3, -0.25) is 4.79 Å². The summed E-state index contributed by atoms with van der Waals surface area (Å²) >= 11 is 0. The second kappa shape index (κ2) is 4.76. The summed E-state index contributed by atoms with van der Waals surface area (Å²) in [4.78, 5) is 20.5. The van der Waals surface area contributed by atoms with Gasteiger partial charge in [0.25, 0.3) is 6.17 Å². The van der Waals surface area contributed by atoms with E-state index in [-0.39, 0.29) is 0 Å². The highest BCUT2D eigenvalue weighted by Crippen LogP contribution is 1.95. The van der Waals surface area contributed by atoms with Crippen molar-refractivity contribution in [2.24, 2.45) is 0 Å². The maximum absolute atomic E-state index is 12.3. The first-order valence-electron chi connectivity index (χ1n) is 2.96. The highest BCUT2D eigenvalue weighted by molar-refractivity contribution is 6.00. The van der Waals surface area contributed by atoms with Gasteiger partial charge in [-0.25, -0.2) is 13.6 Å². The fourth-order valence-electron chi connectivity index (χ4n) is 0.378. The van der Waals surface area contributed by atoms with E-state index in [2.05, 4.69) is 4.74 Å². The molecule has 0 radical (unpaired) electrons. The van der Waals surface area contributed by atoms with Gasteiger partial charge < -0.3 is 4.74 Å². The molecule has 0 aromatic rings. The fourth-order valence-corrected chi connectivity index (χ4v) is 0.378. The molecule has 1 atom stereocenters. The van der Waals surface area contributed by atoms with Gasteiger partial charge in [0.2, 0.25) is 0 Å². The molecule has 0 aromatic carbocycles. The number of carbonyl (C=O) groups is 2. The van der Waals surface area contributed by atoms with Gasteiger partial charge in [0.15, 0.2) is 5.78 Å². The number of halogens is 2. The van der Waals surface area contributed by atoms with Crippen LogP contribution >= 0.6 is 0 Å².